The van der Waals surface area contributed by atoms with Gasteiger partial charge < -0.3 is 5.32 Å². The maximum absolute atomic E-state index is 13.7. The topological polar surface area (TPSA) is 12.0 Å². The van der Waals surface area contributed by atoms with Crippen molar-refractivity contribution in [3.05, 3.63) is 62.3 Å². The number of halogens is 4. The minimum Gasteiger partial charge on any atom is -0.380 e. The molecule has 2 aromatic rings. The van der Waals surface area contributed by atoms with Gasteiger partial charge in [-0.1, -0.05) is 35.3 Å². The van der Waals surface area contributed by atoms with Gasteiger partial charge in [-0.3, -0.25) is 0 Å². The van der Waals surface area contributed by atoms with Crippen molar-refractivity contribution >= 4 is 44.8 Å². The Morgan fingerprint density at radius 2 is 1.94 bits per heavy atom. The average Bonchev–Trinajstić information content (AvgIpc) is 2.35. The van der Waals surface area contributed by atoms with Crippen LogP contribution in [0.25, 0.3) is 0 Å². The zero-order chi connectivity index (χ0) is 13.1. The van der Waals surface area contributed by atoms with E-state index in [1.54, 1.807) is 24.3 Å². The SMILES string of the molecule is Fc1c(Cl)cccc1CNc1cc(Cl)ccc1Br. The molecule has 0 bridgehead atoms. The summed E-state index contributed by atoms with van der Waals surface area (Å²) in [5.74, 6) is -0.398. The van der Waals surface area contributed by atoms with Crippen molar-refractivity contribution in [2.75, 3.05) is 5.32 Å². The third kappa shape index (κ3) is 3.16. The highest BCUT2D eigenvalue weighted by molar-refractivity contribution is 9.10. The smallest absolute Gasteiger partial charge is 0.146 e. The summed E-state index contributed by atoms with van der Waals surface area (Å²) in [7, 11) is 0. The Hall–Kier alpha value is -0.770. The zero-order valence-corrected chi connectivity index (χ0v) is 12.3. The van der Waals surface area contributed by atoms with Crippen LogP contribution in [0.1, 0.15) is 5.56 Å². The van der Waals surface area contributed by atoms with Gasteiger partial charge in [-0.25, -0.2) is 4.39 Å². The van der Waals surface area contributed by atoms with E-state index in [0.717, 1.165) is 10.2 Å². The van der Waals surface area contributed by atoms with Crippen LogP contribution in [0.5, 0.6) is 0 Å². The maximum Gasteiger partial charge on any atom is 0.146 e. The van der Waals surface area contributed by atoms with Crippen LogP contribution in [-0.2, 0) is 6.54 Å². The molecule has 0 aliphatic heterocycles. The molecule has 18 heavy (non-hydrogen) atoms. The average molecular weight is 349 g/mol. The summed E-state index contributed by atoms with van der Waals surface area (Å²) in [5.41, 5.74) is 1.32. The molecule has 0 atom stereocenters. The third-order valence-electron chi connectivity index (χ3n) is 2.43. The van der Waals surface area contributed by atoms with E-state index < -0.39 is 5.82 Å². The van der Waals surface area contributed by atoms with Crippen LogP contribution in [0.2, 0.25) is 10.0 Å². The molecule has 1 nitrogen and oxygen atoms in total. The Labute approximate surface area is 123 Å². The van der Waals surface area contributed by atoms with Gasteiger partial charge in [-0.05, 0) is 40.2 Å². The van der Waals surface area contributed by atoms with Crippen molar-refractivity contribution < 1.29 is 4.39 Å². The van der Waals surface area contributed by atoms with Gasteiger partial charge in [0, 0.05) is 21.6 Å². The second-order valence-electron chi connectivity index (χ2n) is 3.69. The molecule has 0 aliphatic carbocycles. The molecule has 2 aromatic carbocycles. The predicted octanol–water partition coefficient (Wildman–Crippen LogP) is 5.51. The van der Waals surface area contributed by atoms with Crippen LogP contribution in [0, 0.1) is 5.82 Å². The molecule has 0 heterocycles. The van der Waals surface area contributed by atoms with Crippen LogP contribution in [0.4, 0.5) is 10.1 Å². The van der Waals surface area contributed by atoms with Crippen molar-refractivity contribution in [2.24, 2.45) is 0 Å². The first-order valence-electron chi connectivity index (χ1n) is 5.20. The number of anilines is 1. The second kappa shape index (κ2) is 5.91. The second-order valence-corrected chi connectivity index (χ2v) is 5.39. The normalized spacial score (nSPS) is 10.4. The Kier molecular flexibility index (Phi) is 4.49. The zero-order valence-electron chi connectivity index (χ0n) is 9.18. The highest BCUT2D eigenvalue weighted by atomic mass is 79.9. The van der Waals surface area contributed by atoms with E-state index in [9.17, 15) is 4.39 Å². The minimum absolute atomic E-state index is 0.124. The molecule has 0 saturated heterocycles. The van der Waals surface area contributed by atoms with Crippen molar-refractivity contribution in [1.82, 2.24) is 0 Å². The van der Waals surface area contributed by atoms with Gasteiger partial charge in [0.15, 0.2) is 0 Å². The minimum atomic E-state index is -0.398. The van der Waals surface area contributed by atoms with Crippen molar-refractivity contribution in [1.29, 1.82) is 0 Å². The number of hydrogen-bond donors (Lipinski definition) is 1. The summed E-state index contributed by atoms with van der Waals surface area (Å²) in [5, 5.41) is 3.85. The lowest BCUT2D eigenvalue weighted by atomic mass is 10.2. The summed E-state index contributed by atoms with van der Waals surface area (Å²) in [4.78, 5) is 0. The van der Waals surface area contributed by atoms with E-state index >= 15 is 0 Å². The van der Waals surface area contributed by atoms with Gasteiger partial charge in [-0.2, -0.15) is 0 Å². The predicted molar refractivity (Wildman–Crippen MR) is 77.9 cm³/mol. The van der Waals surface area contributed by atoms with Crippen LogP contribution in [0.3, 0.4) is 0 Å². The summed E-state index contributed by atoms with van der Waals surface area (Å²) in [6, 6.07) is 10.3. The van der Waals surface area contributed by atoms with E-state index in [4.69, 9.17) is 23.2 Å². The molecule has 0 radical (unpaired) electrons. The molecule has 0 aromatic heterocycles. The highest BCUT2D eigenvalue weighted by Gasteiger charge is 2.07. The summed E-state index contributed by atoms with van der Waals surface area (Å²) in [6.07, 6.45) is 0. The van der Waals surface area contributed by atoms with E-state index in [1.165, 1.54) is 6.07 Å². The van der Waals surface area contributed by atoms with Gasteiger partial charge in [-0.15, -0.1) is 0 Å². The Bertz CT molecular complexity index is 573. The van der Waals surface area contributed by atoms with Crippen LogP contribution in [-0.4, -0.2) is 0 Å². The molecular formula is C13H9BrCl2FN. The summed E-state index contributed by atoms with van der Waals surface area (Å²) >= 11 is 15.0. The molecule has 94 valence electrons. The number of nitrogens with one attached hydrogen (secondary N) is 1. The van der Waals surface area contributed by atoms with Crippen LogP contribution < -0.4 is 5.32 Å². The lowest BCUT2D eigenvalue weighted by Gasteiger charge is -2.10. The van der Waals surface area contributed by atoms with Crippen LogP contribution in [0.15, 0.2) is 40.9 Å². The van der Waals surface area contributed by atoms with E-state index in [-0.39, 0.29) is 5.02 Å². The molecule has 0 saturated carbocycles. The fourth-order valence-corrected chi connectivity index (χ4v) is 2.26. The molecule has 1 N–H and O–H groups in total. The Morgan fingerprint density at radius 3 is 2.72 bits per heavy atom. The standard InChI is InChI=1S/C13H9BrCl2FN/c14-10-5-4-9(15)6-12(10)18-7-8-2-1-3-11(16)13(8)17/h1-6,18H,7H2. The maximum atomic E-state index is 13.7. The monoisotopic (exact) mass is 347 g/mol. The molecule has 2 rings (SSSR count). The fourth-order valence-electron chi connectivity index (χ4n) is 1.51. The van der Waals surface area contributed by atoms with Crippen molar-refractivity contribution in [3.8, 4) is 0 Å². The molecule has 0 amide bonds. The van der Waals surface area contributed by atoms with E-state index in [1.807, 2.05) is 6.07 Å². The first kappa shape index (κ1) is 13.7. The van der Waals surface area contributed by atoms with Crippen molar-refractivity contribution in [3.63, 3.8) is 0 Å². The largest absolute Gasteiger partial charge is 0.380 e. The third-order valence-corrected chi connectivity index (χ3v) is 3.65. The quantitative estimate of drug-likeness (QED) is 0.771. The Balaban J connectivity index is 2.16. The van der Waals surface area contributed by atoms with Crippen molar-refractivity contribution in [2.45, 2.75) is 6.54 Å². The van der Waals surface area contributed by atoms with Gasteiger partial charge in [0.2, 0.25) is 0 Å². The van der Waals surface area contributed by atoms with E-state index in [2.05, 4.69) is 21.2 Å². The van der Waals surface area contributed by atoms with E-state index in [0.29, 0.717) is 17.1 Å². The van der Waals surface area contributed by atoms with Gasteiger partial charge in [0.05, 0.1) is 10.7 Å². The number of benzene rings is 2. The number of hydrogen-bond acceptors (Lipinski definition) is 1. The number of rotatable bonds is 3. The summed E-state index contributed by atoms with van der Waals surface area (Å²) < 4.78 is 14.5. The molecule has 0 spiro atoms. The Morgan fingerprint density at radius 1 is 1.17 bits per heavy atom. The molecule has 0 fully saturated rings. The first-order valence-corrected chi connectivity index (χ1v) is 6.74. The fraction of sp³-hybridized carbons (Fsp3) is 0.0769. The summed E-state index contributed by atoms with van der Waals surface area (Å²) in [6.45, 7) is 0.339. The molecule has 0 aliphatic rings. The highest BCUT2D eigenvalue weighted by Crippen LogP contribution is 2.27. The van der Waals surface area contributed by atoms with Gasteiger partial charge in [0.1, 0.15) is 5.82 Å². The first-order chi connectivity index (χ1) is 8.58. The van der Waals surface area contributed by atoms with Gasteiger partial charge >= 0.3 is 0 Å². The molecular weight excluding hydrogens is 340 g/mol. The van der Waals surface area contributed by atoms with Gasteiger partial charge in [0.25, 0.3) is 0 Å². The molecule has 0 unspecified atom stereocenters. The van der Waals surface area contributed by atoms with Crippen LogP contribution >= 0.6 is 39.1 Å². The lowest BCUT2D eigenvalue weighted by Crippen LogP contribution is -2.02. The lowest BCUT2D eigenvalue weighted by molar-refractivity contribution is 0.613. The molecule has 5 heteroatoms.